The van der Waals surface area contributed by atoms with Gasteiger partial charge in [0.05, 0.1) is 5.02 Å². The number of rotatable bonds is 7. The highest BCUT2D eigenvalue weighted by Crippen LogP contribution is 2.27. The third-order valence-electron chi connectivity index (χ3n) is 3.11. The maximum atomic E-state index is 6.17. The molecule has 4 nitrogen and oxygen atoms in total. The third kappa shape index (κ3) is 3.98. The molecule has 1 heterocycles. The van der Waals surface area contributed by atoms with Crippen molar-refractivity contribution in [3.63, 3.8) is 0 Å². The molecule has 1 N–H and O–H groups in total. The number of likely N-dealkylation sites (N-methyl/N-ethyl adjacent to an activating group) is 1. The average Bonchev–Trinajstić information content (AvgIpc) is 2.92. The molecule has 0 saturated carbocycles. The molecule has 6 heteroatoms. The smallest absolute Gasteiger partial charge is 0.138 e. The Labute approximate surface area is 128 Å². The van der Waals surface area contributed by atoms with Gasteiger partial charge in [0, 0.05) is 29.7 Å². The maximum Gasteiger partial charge on any atom is 0.138 e. The average molecular weight is 311 g/mol. The van der Waals surface area contributed by atoms with Crippen LogP contribution < -0.4 is 5.32 Å². The zero-order valence-electron chi connectivity index (χ0n) is 11.7. The minimum atomic E-state index is 0.339. The Balaban J connectivity index is 1.94. The maximum absolute atomic E-state index is 6.17. The number of aryl methyl sites for hydroxylation is 1. The quantitative estimate of drug-likeness (QED) is 0.799. The van der Waals surface area contributed by atoms with Crippen LogP contribution in [0, 0.1) is 0 Å². The van der Waals surface area contributed by atoms with Gasteiger partial charge >= 0.3 is 0 Å². The monoisotopic (exact) mass is 310 g/mol. The van der Waals surface area contributed by atoms with Crippen molar-refractivity contribution < 1.29 is 0 Å². The molecule has 1 aromatic heterocycles. The molecule has 0 aliphatic rings. The van der Waals surface area contributed by atoms with Crippen LogP contribution in [0.5, 0.6) is 0 Å². The van der Waals surface area contributed by atoms with Gasteiger partial charge in [0.1, 0.15) is 12.2 Å². The molecule has 20 heavy (non-hydrogen) atoms. The van der Waals surface area contributed by atoms with Gasteiger partial charge < -0.3 is 5.32 Å². The molecule has 1 unspecified atom stereocenters. The second-order valence-electron chi connectivity index (χ2n) is 4.42. The summed E-state index contributed by atoms with van der Waals surface area (Å²) < 4.78 is 1.94. The van der Waals surface area contributed by atoms with Crippen LogP contribution in [-0.4, -0.2) is 33.6 Å². The summed E-state index contributed by atoms with van der Waals surface area (Å²) in [4.78, 5) is 5.44. The number of hydrogen-bond acceptors (Lipinski definition) is 4. The van der Waals surface area contributed by atoms with Crippen LogP contribution >= 0.6 is 23.4 Å². The summed E-state index contributed by atoms with van der Waals surface area (Å²) in [6, 6.07) is 8.27. The Hall–Kier alpha value is -1.04. The second-order valence-corrected chi connectivity index (χ2v) is 5.89. The second kappa shape index (κ2) is 7.67. The largest absolute Gasteiger partial charge is 0.316 e. The Bertz CT molecular complexity index is 543. The van der Waals surface area contributed by atoms with Crippen molar-refractivity contribution in [1.82, 2.24) is 20.1 Å². The van der Waals surface area contributed by atoms with E-state index in [4.69, 9.17) is 11.6 Å². The topological polar surface area (TPSA) is 42.7 Å². The molecule has 0 fully saturated rings. The molecule has 0 aliphatic heterocycles. The number of halogens is 1. The van der Waals surface area contributed by atoms with E-state index in [0.29, 0.717) is 6.04 Å². The van der Waals surface area contributed by atoms with E-state index in [9.17, 15) is 0 Å². The van der Waals surface area contributed by atoms with E-state index in [1.54, 1.807) is 18.1 Å². The SMILES string of the molecule is CCn1ncnc1CC(CSc1ccccc1Cl)NC. The predicted molar refractivity (Wildman–Crippen MR) is 84.4 cm³/mol. The van der Waals surface area contributed by atoms with Gasteiger partial charge in [-0.1, -0.05) is 23.7 Å². The normalized spacial score (nSPS) is 12.6. The fraction of sp³-hybridized carbons (Fsp3) is 0.429. The molecule has 0 spiro atoms. The molecule has 0 bridgehead atoms. The lowest BCUT2D eigenvalue weighted by molar-refractivity contribution is 0.549. The molecular weight excluding hydrogens is 292 g/mol. The van der Waals surface area contributed by atoms with Gasteiger partial charge in [0.25, 0.3) is 0 Å². The molecule has 0 radical (unpaired) electrons. The summed E-state index contributed by atoms with van der Waals surface area (Å²) in [5.41, 5.74) is 0. The Morgan fingerprint density at radius 1 is 1.40 bits per heavy atom. The first-order valence-electron chi connectivity index (χ1n) is 6.65. The van der Waals surface area contributed by atoms with E-state index in [1.165, 1.54) is 0 Å². The van der Waals surface area contributed by atoms with Gasteiger partial charge in [-0.05, 0) is 26.1 Å². The van der Waals surface area contributed by atoms with Crippen molar-refractivity contribution in [2.45, 2.75) is 30.8 Å². The summed E-state index contributed by atoms with van der Waals surface area (Å²) >= 11 is 7.94. The van der Waals surface area contributed by atoms with Gasteiger partial charge in [-0.25, -0.2) is 4.98 Å². The van der Waals surface area contributed by atoms with Crippen molar-refractivity contribution in [2.75, 3.05) is 12.8 Å². The standard InChI is InChI=1S/C14H19ClN4S/c1-3-19-14(17-10-18-19)8-11(16-2)9-20-13-7-5-4-6-12(13)15/h4-7,10-11,16H,3,8-9H2,1-2H3. The number of thioether (sulfide) groups is 1. The van der Waals surface area contributed by atoms with Crippen LogP contribution in [0.1, 0.15) is 12.7 Å². The predicted octanol–water partition coefficient (Wildman–Crippen LogP) is 2.87. The van der Waals surface area contributed by atoms with Gasteiger partial charge in [0.15, 0.2) is 0 Å². The lowest BCUT2D eigenvalue weighted by atomic mass is 10.2. The van der Waals surface area contributed by atoms with Gasteiger partial charge in [0.2, 0.25) is 0 Å². The van der Waals surface area contributed by atoms with E-state index in [-0.39, 0.29) is 0 Å². The highest BCUT2D eigenvalue weighted by Gasteiger charge is 2.13. The number of aromatic nitrogens is 3. The van der Waals surface area contributed by atoms with Gasteiger partial charge in [-0.2, -0.15) is 5.10 Å². The van der Waals surface area contributed by atoms with Crippen LogP contribution in [0.2, 0.25) is 5.02 Å². The molecular formula is C14H19ClN4S. The number of nitrogens with zero attached hydrogens (tertiary/aromatic N) is 3. The summed E-state index contributed by atoms with van der Waals surface area (Å²) in [6.45, 7) is 2.93. The van der Waals surface area contributed by atoms with Crippen molar-refractivity contribution in [1.29, 1.82) is 0 Å². The lowest BCUT2D eigenvalue weighted by Crippen LogP contribution is -2.31. The molecule has 0 amide bonds. The first-order valence-corrected chi connectivity index (χ1v) is 8.02. The van der Waals surface area contributed by atoms with E-state index in [1.807, 2.05) is 36.0 Å². The molecule has 108 valence electrons. The number of nitrogens with one attached hydrogen (secondary N) is 1. The third-order valence-corrected chi connectivity index (χ3v) is 4.79. The fourth-order valence-corrected chi connectivity index (χ4v) is 3.27. The highest BCUT2D eigenvalue weighted by atomic mass is 35.5. The summed E-state index contributed by atoms with van der Waals surface area (Å²) in [6.07, 6.45) is 2.48. The molecule has 0 aliphatic carbocycles. The van der Waals surface area contributed by atoms with Gasteiger partial charge in [-0.15, -0.1) is 11.8 Å². The first-order chi connectivity index (χ1) is 9.74. The summed E-state index contributed by atoms with van der Waals surface area (Å²) in [5.74, 6) is 1.96. The molecule has 1 atom stereocenters. The highest BCUT2D eigenvalue weighted by molar-refractivity contribution is 7.99. The molecule has 2 aromatic rings. The van der Waals surface area contributed by atoms with E-state index in [0.717, 1.165) is 34.5 Å². The Morgan fingerprint density at radius 2 is 2.20 bits per heavy atom. The number of hydrogen-bond donors (Lipinski definition) is 1. The van der Waals surface area contributed by atoms with Crippen LogP contribution in [0.4, 0.5) is 0 Å². The summed E-state index contributed by atoms with van der Waals surface area (Å²) in [7, 11) is 1.98. The van der Waals surface area contributed by atoms with Crippen LogP contribution in [0.15, 0.2) is 35.5 Å². The number of benzene rings is 1. The van der Waals surface area contributed by atoms with Crippen molar-refractivity contribution >= 4 is 23.4 Å². The lowest BCUT2D eigenvalue weighted by Gasteiger charge is -2.16. The van der Waals surface area contributed by atoms with Gasteiger partial charge in [-0.3, -0.25) is 4.68 Å². The Morgan fingerprint density at radius 3 is 2.90 bits per heavy atom. The van der Waals surface area contributed by atoms with Crippen LogP contribution in [0.3, 0.4) is 0 Å². The van der Waals surface area contributed by atoms with E-state index >= 15 is 0 Å². The zero-order valence-corrected chi connectivity index (χ0v) is 13.3. The molecule has 2 rings (SSSR count). The minimum absolute atomic E-state index is 0.339. The zero-order chi connectivity index (χ0) is 14.4. The summed E-state index contributed by atoms with van der Waals surface area (Å²) in [5, 5.41) is 8.35. The van der Waals surface area contributed by atoms with Crippen LogP contribution in [-0.2, 0) is 13.0 Å². The molecule has 0 saturated heterocycles. The first kappa shape index (κ1) is 15.4. The van der Waals surface area contributed by atoms with Crippen molar-refractivity contribution in [2.24, 2.45) is 0 Å². The van der Waals surface area contributed by atoms with Crippen molar-refractivity contribution in [3.8, 4) is 0 Å². The van der Waals surface area contributed by atoms with E-state index < -0.39 is 0 Å². The van der Waals surface area contributed by atoms with E-state index in [2.05, 4.69) is 22.3 Å². The fourth-order valence-electron chi connectivity index (χ4n) is 1.93. The minimum Gasteiger partial charge on any atom is -0.316 e. The van der Waals surface area contributed by atoms with Crippen LogP contribution in [0.25, 0.3) is 0 Å². The Kier molecular flexibility index (Phi) is 5.88. The molecule has 1 aromatic carbocycles. The van der Waals surface area contributed by atoms with Crippen molar-refractivity contribution in [3.05, 3.63) is 41.4 Å².